The topological polar surface area (TPSA) is 87.2 Å². The van der Waals surface area contributed by atoms with E-state index < -0.39 is 56.2 Å². The Bertz CT molecular complexity index is 1200. The number of hydrogen-bond donors (Lipinski definition) is 1. The molecule has 0 saturated carbocycles. The summed E-state index contributed by atoms with van der Waals surface area (Å²) in [7, 11) is 0. The number of carbonyl (C=O) groups is 1. The highest BCUT2D eigenvalue weighted by Crippen LogP contribution is 2.31. The number of halogens is 5. The molecule has 146 valence electrons. The van der Waals surface area contributed by atoms with E-state index in [9.17, 15) is 22.8 Å². The third kappa shape index (κ3) is 3.16. The molecule has 28 heavy (non-hydrogen) atoms. The van der Waals surface area contributed by atoms with Crippen LogP contribution in [0.5, 0.6) is 0 Å². The number of nitrogens with two attached hydrogens (primary N) is 1. The molecule has 2 heterocycles. The third-order valence-corrected chi connectivity index (χ3v) is 4.43. The number of ether oxygens (including phenoxy) is 1. The van der Waals surface area contributed by atoms with Crippen molar-refractivity contribution < 1.29 is 22.7 Å². The van der Waals surface area contributed by atoms with E-state index in [0.717, 1.165) is 16.8 Å². The molecule has 3 rings (SSSR count). The zero-order chi connectivity index (χ0) is 20.7. The normalized spacial score (nSPS) is 11.1. The van der Waals surface area contributed by atoms with E-state index in [4.69, 9.17) is 33.7 Å². The molecule has 0 aliphatic rings. The lowest BCUT2D eigenvalue weighted by Crippen LogP contribution is -2.22. The number of aromatic nitrogens is 2. The summed E-state index contributed by atoms with van der Waals surface area (Å²) in [6.45, 7) is 1.44. The van der Waals surface area contributed by atoms with Gasteiger partial charge >= 0.3 is 5.97 Å². The maximum absolute atomic E-state index is 14.5. The maximum Gasteiger partial charge on any atom is 0.343 e. The summed E-state index contributed by atoms with van der Waals surface area (Å²) >= 11 is 11.6. The van der Waals surface area contributed by atoms with E-state index in [1.54, 1.807) is 0 Å². The number of anilines is 1. The molecule has 0 fully saturated rings. The quantitative estimate of drug-likeness (QED) is 0.502. The van der Waals surface area contributed by atoms with Gasteiger partial charge in [0.25, 0.3) is 0 Å². The highest BCUT2D eigenvalue weighted by atomic mass is 35.5. The number of pyridine rings is 2. The van der Waals surface area contributed by atoms with Crippen molar-refractivity contribution in [2.45, 2.75) is 6.92 Å². The molecule has 6 nitrogen and oxygen atoms in total. The zero-order valence-electron chi connectivity index (χ0n) is 14.0. The minimum absolute atomic E-state index is 0.0602. The fourth-order valence-corrected chi connectivity index (χ4v) is 2.97. The van der Waals surface area contributed by atoms with Crippen LogP contribution in [0.2, 0.25) is 10.0 Å². The number of fused-ring (bicyclic) bond motifs is 1. The molecule has 0 aliphatic heterocycles. The number of carbonyl (C=O) groups excluding carboxylic acids is 1. The van der Waals surface area contributed by atoms with Gasteiger partial charge in [-0.1, -0.05) is 23.2 Å². The standard InChI is InChI=1S/C17H10Cl2F3N3O3/c1-2-28-17(27)7-5-25(16-10(21)4-8(18)15(23)24-16)13-6(14(7)26)3-9(20)12(22)11(13)19/h3-5H,2H2,1H3,(H2,23,24). The monoisotopic (exact) mass is 431 g/mol. The van der Waals surface area contributed by atoms with Gasteiger partial charge in [0.1, 0.15) is 16.4 Å². The van der Waals surface area contributed by atoms with Gasteiger partial charge in [-0.15, -0.1) is 0 Å². The molecule has 2 N–H and O–H groups in total. The van der Waals surface area contributed by atoms with Gasteiger partial charge < -0.3 is 10.5 Å². The zero-order valence-corrected chi connectivity index (χ0v) is 15.5. The SMILES string of the molecule is CCOC(=O)c1cn(-c2nc(N)c(Cl)cc2F)c2c(Cl)c(F)c(F)cc2c1=O. The molecule has 0 bridgehead atoms. The summed E-state index contributed by atoms with van der Waals surface area (Å²) in [5.74, 6) is -5.77. The molecular weight excluding hydrogens is 422 g/mol. The summed E-state index contributed by atoms with van der Waals surface area (Å²) in [4.78, 5) is 28.5. The lowest BCUT2D eigenvalue weighted by molar-refractivity contribution is 0.0524. The van der Waals surface area contributed by atoms with Crippen molar-refractivity contribution in [2.24, 2.45) is 0 Å². The number of nitrogens with zero attached hydrogens (tertiary/aromatic N) is 2. The lowest BCUT2D eigenvalue weighted by Gasteiger charge is -2.15. The van der Waals surface area contributed by atoms with E-state index in [1.165, 1.54) is 6.92 Å². The Morgan fingerprint density at radius 3 is 2.57 bits per heavy atom. The average Bonchev–Trinajstić information content (AvgIpc) is 2.64. The Morgan fingerprint density at radius 1 is 1.25 bits per heavy atom. The van der Waals surface area contributed by atoms with Crippen molar-refractivity contribution in [3.8, 4) is 5.82 Å². The van der Waals surface area contributed by atoms with Crippen molar-refractivity contribution in [3.05, 3.63) is 61.6 Å². The summed E-state index contributed by atoms with van der Waals surface area (Å²) in [5, 5.41) is -1.48. The van der Waals surface area contributed by atoms with Gasteiger partial charge in [0.15, 0.2) is 23.3 Å². The summed E-state index contributed by atoms with van der Waals surface area (Å²) < 4.78 is 48.0. The minimum Gasteiger partial charge on any atom is -0.462 e. The Labute approximate surface area is 165 Å². The van der Waals surface area contributed by atoms with Crippen LogP contribution in [-0.2, 0) is 4.74 Å². The van der Waals surface area contributed by atoms with Gasteiger partial charge in [-0.25, -0.2) is 22.9 Å². The van der Waals surface area contributed by atoms with Crippen LogP contribution >= 0.6 is 23.2 Å². The first-order valence-electron chi connectivity index (χ1n) is 7.69. The van der Waals surface area contributed by atoms with Crippen LogP contribution in [0.1, 0.15) is 17.3 Å². The number of rotatable bonds is 3. The van der Waals surface area contributed by atoms with Gasteiger partial charge in [-0.2, -0.15) is 0 Å². The van der Waals surface area contributed by atoms with Crippen LogP contribution in [0.4, 0.5) is 19.0 Å². The fraction of sp³-hybridized carbons (Fsp3) is 0.118. The van der Waals surface area contributed by atoms with E-state index in [2.05, 4.69) is 4.98 Å². The van der Waals surface area contributed by atoms with Crippen LogP contribution in [0, 0.1) is 17.5 Å². The smallest absolute Gasteiger partial charge is 0.343 e. The fourth-order valence-electron chi connectivity index (χ4n) is 2.55. The molecule has 0 amide bonds. The van der Waals surface area contributed by atoms with Crippen molar-refractivity contribution in [1.82, 2.24) is 9.55 Å². The van der Waals surface area contributed by atoms with Crippen LogP contribution in [0.15, 0.2) is 23.1 Å². The Balaban J connectivity index is 2.52. The molecule has 1 aromatic carbocycles. The van der Waals surface area contributed by atoms with E-state index in [-0.39, 0.29) is 17.4 Å². The van der Waals surface area contributed by atoms with Crippen LogP contribution < -0.4 is 11.2 Å². The predicted molar refractivity (Wildman–Crippen MR) is 97.6 cm³/mol. The second kappa shape index (κ2) is 7.33. The highest BCUT2D eigenvalue weighted by Gasteiger charge is 2.24. The highest BCUT2D eigenvalue weighted by molar-refractivity contribution is 6.35. The summed E-state index contributed by atoms with van der Waals surface area (Å²) in [6, 6.07) is 1.39. The Hall–Kier alpha value is -2.78. The third-order valence-electron chi connectivity index (χ3n) is 3.79. The predicted octanol–water partition coefficient (Wildman–Crippen LogP) is 3.87. The number of nitrogen functional groups attached to an aromatic ring is 1. The van der Waals surface area contributed by atoms with Crippen LogP contribution in [0.25, 0.3) is 16.7 Å². The summed E-state index contributed by atoms with van der Waals surface area (Å²) in [6.07, 6.45) is 0.866. The van der Waals surface area contributed by atoms with Gasteiger partial charge in [0.05, 0.1) is 22.5 Å². The Kier molecular flexibility index (Phi) is 5.22. The van der Waals surface area contributed by atoms with Gasteiger partial charge in [0, 0.05) is 12.3 Å². The second-order valence-electron chi connectivity index (χ2n) is 5.51. The first-order valence-corrected chi connectivity index (χ1v) is 8.44. The van der Waals surface area contributed by atoms with Gasteiger partial charge in [-0.05, 0) is 13.0 Å². The Morgan fingerprint density at radius 2 is 1.93 bits per heavy atom. The molecule has 11 heteroatoms. The molecule has 0 saturated heterocycles. The first kappa shape index (κ1) is 20.0. The van der Waals surface area contributed by atoms with E-state index >= 15 is 0 Å². The van der Waals surface area contributed by atoms with Gasteiger partial charge in [-0.3, -0.25) is 9.36 Å². The second-order valence-corrected chi connectivity index (χ2v) is 6.29. The number of esters is 1. The van der Waals surface area contributed by atoms with E-state index in [1.807, 2.05) is 0 Å². The van der Waals surface area contributed by atoms with Gasteiger partial charge in [0.2, 0.25) is 5.43 Å². The summed E-state index contributed by atoms with van der Waals surface area (Å²) in [5.41, 5.74) is 3.64. The van der Waals surface area contributed by atoms with Crippen molar-refractivity contribution in [2.75, 3.05) is 12.3 Å². The van der Waals surface area contributed by atoms with E-state index in [0.29, 0.717) is 6.07 Å². The lowest BCUT2D eigenvalue weighted by atomic mass is 10.1. The first-order chi connectivity index (χ1) is 13.2. The van der Waals surface area contributed by atoms with Crippen molar-refractivity contribution >= 4 is 45.9 Å². The average molecular weight is 432 g/mol. The largest absolute Gasteiger partial charge is 0.462 e. The van der Waals surface area contributed by atoms with Crippen molar-refractivity contribution in [1.29, 1.82) is 0 Å². The van der Waals surface area contributed by atoms with Crippen LogP contribution in [-0.4, -0.2) is 22.1 Å². The molecule has 0 spiro atoms. The molecule has 0 atom stereocenters. The minimum atomic E-state index is -1.46. The molecular formula is C17H10Cl2F3N3O3. The molecule has 0 aliphatic carbocycles. The van der Waals surface area contributed by atoms with Crippen molar-refractivity contribution in [3.63, 3.8) is 0 Å². The maximum atomic E-state index is 14.5. The van der Waals surface area contributed by atoms with Crippen LogP contribution in [0.3, 0.4) is 0 Å². The molecule has 0 radical (unpaired) electrons. The number of benzene rings is 1. The molecule has 2 aromatic heterocycles. The molecule has 0 unspecified atom stereocenters. The molecule has 3 aromatic rings. The number of hydrogen-bond acceptors (Lipinski definition) is 5.